The summed E-state index contributed by atoms with van der Waals surface area (Å²) < 4.78 is 10.6. The zero-order chi connectivity index (χ0) is 22.9. The number of anilines is 1. The van der Waals surface area contributed by atoms with Crippen molar-refractivity contribution < 1.29 is 19.1 Å². The highest BCUT2D eigenvalue weighted by molar-refractivity contribution is 5.92. The summed E-state index contributed by atoms with van der Waals surface area (Å²) in [5.74, 6) is 0.622. The fourth-order valence-electron chi connectivity index (χ4n) is 3.66. The number of ether oxygens (including phenoxy) is 2. The molecule has 0 N–H and O–H groups in total. The van der Waals surface area contributed by atoms with E-state index in [1.54, 1.807) is 25.3 Å². The van der Waals surface area contributed by atoms with Gasteiger partial charge in [-0.1, -0.05) is 12.1 Å². The van der Waals surface area contributed by atoms with Crippen LogP contribution in [0.5, 0.6) is 5.75 Å². The Hall–Kier alpha value is -3.20. The first-order valence-corrected chi connectivity index (χ1v) is 10.8. The molecule has 2 aromatic rings. The summed E-state index contributed by atoms with van der Waals surface area (Å²) in [6, 6.07) is 7.90. The van der Waals surface area contributed by atoms with Crippen LogP contribution in [-0.2, 0) is 9.53 Å². The van der Waals surface area contributed by atoms with E-state index in [0.717, 1.165) is 30.2 Å². The summed E-state index contributed by atoms with van der Waals surface area (Å²) in [5.41, 5.74) is 2.05. The topological polar surface area (TPSA) is 88.1 Å². The van der Waals surface area contributed by atoms with E-state index in [2.05, 4.69) is 14.9 Å². The third-order valence-corrected chi connectivity index (χ3v) is 5.51. The average molecular weight is 442 g/mol. The molecule has 1 aromatic carbocycles. The minimum Gasteiger partial charge on any atom is -0.495 e. The Morgan fingerprint density at radius 2 is 1.78 bits per heavy atom. The van der Waals surface area contributed by atoms with Gasteiger partial charge in [0.25, 0.3) is 5.91 Å². The van der Waals surface area contributed by atoms with Gasteiger partial charge in [0.1, 0.15) is 11.4 Å². The number of rotatable bonds is 9. The van der Waals surface area contributed by atoms with Gasteiger partial charge in [0.05, 0.1) is 31.3 Å². The van der Waals surface area contributed by atoms with E-state index in [1.165, 1.54) is 6.20 Å². The van der Waals surface area contributed by atoms with Gasteiger partial charge in [-0.25, -0.2) is 4.98 Å². The summed E-state index contributed by atoms with van der Waals surface area (Å²) in [6.07, 6.45) is 3.29. The molecule has 0 spiro atoms. The van der Waals surface area contributed by atoms with Gasteiger partial charge >= 0.3 is 0 Å². The maximum absolute atomic E-state index is 12.8. The van der Waals surface area contributed by atoms with Crippen molar-refractivity contribution >= 4 is 17.5 Å². The summed E-state index contributed by atoms with van der Waals surface area (Å²) >= 11 is 0. The van der Waals surface area contributed by atoms with Gasteiger partial charge in [-0.3, -0.25) is 14.6 Å². The van der Waals surface area contributed by atoms with Gasteiger partial charge in [-0.2, -0.15) is 0 Å². The summed E-state index contributed by atoms with van der Waals surface area (Å²) in [5, 5.41) is 0. The number of carbonyl (C=O) groups excluding carboxylic acids is 2. The van der Waals surface area contributed by atoms with Gasteiger partial charge in [0.2, 0.25) is 5.91 Å². The number of benzene rings is 1. The molecule has 9 heteroatoms. The molecule has 0 saturated carbocycles. The van der Waals surface area contributed by atoms with Gasteiger partial charge in [0.15, 0.2) is 0 Å². The molecule has 3 rings (SSSR count). The van der Waals surface area contributed by atoms with Crippen molar-refractivity contribution in [1.82, 2.24) is 19.8 Å². The second kappa shape index (κ2) is 11.4. The van der Waals surface area contributed by atoms with Crippen LogP contribution in [0.15, 0.2) is 36.7 Å². The van der Waals surface area contributed by atoms with Gasteiger partial charge in [-0.15, -0.1) is 0 Å². The van der Waals surface area contributed by atoms with Gasteiger partial charge < -0.3 is 24.2 Å². The molecule has 2 heterocycles. The van der Waals surface area contributed by atoms with Crippen molar-refractivity contribution in [1.29, 1.82) is 0 Å². The second-order valence-corrected chi connectivity index (χ2v) is 7.62. The standard InChI is InChI=1S/C23H31N5O4/c1-18-16-25-19(17-24-18)23(30)28(14-15-31-2)9-8-22(29)27-12-10-26(11-13-27)20-6-4-5-7-21(20)32-3/h4-7,16-17H,8-15H2,1-3H3. The van der Waals surface area contributed by atoms with Crippen LogP contribution in [0.1, 0.15) is 22.6 Å². The molecule has 1 fully saturated rings. The van der Waals surface area contributed by atoms with E-state index in [1.807, 2.05) is 36.1 Å². The van der Waals surface area contributed by atoms with E-state index in [-0.39, 0.29) is 23.9 Å². The number of carbonyl (C=O) groups is 2. The quantitative estimate of drug-likeness (QED) is 0.584. The lowest BCUT2D eigenvalue weighted by Gasteiger charge is -2.37. The van der Waals surface area contributed by atoms with Crippen LogP contribution in [0.25, 0.3) is 0 Å². The molecule has 1 aliphatic rings. The monoisotopic (exact) mass is 441 g/mol. The van der Waals surface area contributed by atoms with E-state index >= 15 is 0 Å². The van der Waals surface area contributed by atoms with Gasteiger partial charge in [-0.05, 0) is 19.1 Å². The number of amides is 2. The lowest BCUT2D eigenvalue weighted by Crippen LogP contribution is -2.49. The maximum atomic E-state index is 12.8. The first kappa shape index (κ1) is 23.5. The molecule has 1 aliphatic heterocycles. The zero-order valence-electron chi connectivity index (χ0n) is 19.0. The number of nitrogens with zero attached hydrogens (tertiary/aromatic N) is 5. The van der Waals surface area contributed by atoms with Gasteiger partial charge in [0, 0.05) is 59.0 Å². The van der Waals surface area contributed by atoms with Crippen molar-refractivity contribution in [2.45, 2.75) is 13.3 Å². The number of para-hydroxylation sites is 2. The lowest BCUT2D eigenvalue weighted by molar-refractivity contribution is -0.131. The molecule has 0 aliphatic carbocycles. The van der Waals surface area contributed by atoms with E-state index in [9.17, 15) is 9.59 Å². The molecule has 1 saturated heterocycles. The number of hydrogen-bond acceptors (Lipinski definition) is 7. The van der Waals surface area contributed by atoms with Crippen LogP contribution in [0, 0.1) is 6.92 Å². The summed E-state index contributed by atoms with van der Waals surface area (Å²) in [6.45, 7) is 5.63. The van der Waals surface area contributed by atoms with Crippen molar-refractivity contribution in [3.05, 3.63) is 48.0 Å². The summed E-state index contributed by atoms with van der Waals surface area (Å²) in [4.78, 5) is 39.7. The van der Waals surface area contributed by atoms with Crippen molar-refractivity contribution in [3.8, 4) is 5.75 Å². The Labute approximate surface area is 188 Å². The van der Waals surface area contributed by atoms with Crippen LogP contribution >= 0.6 is 0 Å². The number of aryl methyl sites for hydroxylation is 1. The van der Waals surface area contributed by atoms with Crippen LogP contribution in [0.4, 0.5) is 5.69 Å². The Morgan fingerprint density at radius 3 is 2.44 bits per heavy atom. The predicted molar refractivity (Wildman–Crippen MR) is 121 cm³/mol. The fourth-order valence-corrected chi connectivity index (χ4v) is 3.66. The SMILES string of the molecule is COCCN(CCC(=O)N1CCN(c2ccccc2OC)CC1)C(=O)c1cnc(C)cn1. The first-order valence-electron chi connectivity index (χ1n) is 10.8. The smallest absolute Gasteiger partial charge is 0.274 e. The Balaban J connectivity index is 1.54. The molecular formula is C23H31N5O4. The zero-order valence-corrected chi connectivity index (χ0v) is 19.0. The molecule has 0 unspecified atom stereocenters. The van der Waals surface area contributed by atoms with Crippen molar-refractivity contribution in [3.63, 3.8) is 0 Å². The van der Waals surface area contributed by atoms with Crippen LogP contribution in [0.2, 0.25) is 0 Å². The molecule has 0 radical (unpaired) electrons. The minimum absolute atomic E-state index is 0.0369. The highest BCUT2D eigenvalue weighted by atomic mass is 16.5. The lowest BCUT2D eigenvalue weighted by atomic mass is 10.2. The second-order valence-electron chi connectivity index (χ2n) is 7.62. The molecule has 0 bridgehead atoms. The Morgan fingerprint density at radius 1 is 1.03 bits per heavy atom. The molecular weight excluding hydrogens is 410 g/mol. The largest absolute Gasteiger partial charge is 0.495 e. The van der Waals surface area contributed by atoms with Crippen LogP contribution < -0.4 is 9.64 Å². The highest BCUT2D eigenvalue weighted by Crippen LogP contribution is 2.28. The number of piperazine rings is 1. The van der Waals surface area contributed by atoms with E-state index in [0.29, 0.717) is 32.8 Å². The molecule has 1 aromatic heterocycles. The van der Waals surface area contributed by atoms with Crippen LogP contribution in [-0.4, -0.2) is 91.7 Å². The normalized spacial score (nSPS) is 13.7. The number of aromatic nitrogens is 2. The van der Waals surface area contributed by atoms with Crippen molar-refractivity contribution in [2.24, 2.45) is 0 Å². The molecule has 172 valence electrons. The molecule has 0 atom stereocenters. The molecule has 2 amide bonds. The molecule has 9 nitrogen and oxygen atoms in total. The number of methoxy groups -OCH3 is 2. The number of hydrogen-bond donors (Lipinski definition) is 0. The highest BCUT2D eigenvalue weighted by Gasteiger charge is 2.24. The fraction of sp³-hybridized carbons (Fsp3) is 0.478. The Bertz CT molecular complexity index is 898. The van der Waals surface area contributed by atoms with Crippen molar-refractivity contribution in [2.75, 3.05) is 65.0 Å². The maximum Gasteiger partial charge on any atom is 0.274 e. The van der Waals surface area contributed by atoms with E-state index in [4.69, 9.17) is 9.47 Å². The molecule has 32 heavy (non-hydrogen) atoms. The summed E-state index contributed by atoms with van der Waals surface area (Å²) in [7, 11) is 3.25. The first-order chi connectivity index (χ1) is 15.5. The van der Waals surface area contributed by atoms with E-state index < -0.39 is 0 Å². The van der Waals surface area contributed by atoms with Crippen LogP contribution in [0.3, 0.4) is 0 Å². The minimum atomic E-state index is -0.247. The Kier molecular flexibility index (Phi) is 8.38. The third-order valence-electron chi connectivity index (χ3n) is 5.51. The average Bonchev–Trinajstić information content (AvgIpc) is 2.84. The predicted octanol–water partition coefficient (Wildman–Crippen LogP) is 1.62. The third kappa shape index (κ3) is 5.94.